The lowest BCUT2D eigenvalue weighted by atomic mass is 10.1. The fraction of sp³-hybridized carbons (Fsp3) is 0.400. The fourth-order valence-electron chi connectivity index (χ4n) is 0.634. The first-order valence-corrected chi connectivity index (χ1v) is 2.71. The van der Waals surface area contributed by atoms with Crippen molar-refractivity contribution in [2.24, 2.45) is 0 Å². The molecule has 62 valence electrons. The van der Waals surface area contributed by atoms with Crippen molar-refractivity contribution in [1.82, 2.24) is 5.32 Å². The Bertz CT molecular complexity index is 228. The number of rotatable bonds is 0. The number of hydrogen-bond donors (Lipinski definition) is 2. The van der Waals surface area contributed by atoms with Crippen molar-refractivity contribution in [3.63, 3.8) is 0 Å². The average Bonchev–Trinajstić information content (AvgIpc) is 1.97. The van der Waals surface area contributed by atoms with Gasteiger partial charge in [-0.15, -0.1) is 0 Å². The van der Waals surface area contributed by atoms with Gasteiger partial charge in [0.2, 0.25) is 30.0 Å². The maximum absolute atomic E-state index is 12.2. The topological polar surface area (TPSA) is 49.3 Å². The molecule has 2 N–H and O–H groups in total. The first-order valence-electron chi connectivity index (χ1n) is 2.71. The molecular formula is C5H4F3NO2. The molecule has 0 spiro atoms. The van der Waals surface area contributed by atoms with Gasteiger partial charge < -0.3 is 10.4 Å². The van der Waals surface area contributed by atoms with Crippen molar-refractivity contribution >= 4 is 5.78 Å². The van der Waals surface area contributed by atoms with Gasteiger partial charge in [0.15, 0.2) is 0 Å². The van der Waals surface area contributed by atoms with E-state index in [9.17, 15) is 18.0 Å². The van der Waals surface area contributed by atoms with Gasteiger partial charge in [-0.1, -0.05) is 0 Å². The summed E-state index contributed by atoms with van der Waals surface area (Å²) in [6, 6.07) is 0. The highest BCUT2D eigenvalue weighted by Crippen LogP contribution is 2.17. The monoisotopic (exact) mass is 167 g/mol. The minimum Gasteiger partial charge on any atom is -0.501 e. The summed E-state index contributed by atoms with van der Waals surface area (Å²) in [7, 11) is 0. The fourth-order valence-corrected chi connectivity index (χ4v) is 0.634. The molecule has 0 aliphatic carbocycles. The highest BCUT2D eigenvalue weighted by Gasteiger charge is 2.38. The summed E-state index contributed by atoms with van der Waals surface area (Å²) in [5.74, 6) is -4.50. The normalized spacial score (nSPS) is 32.1. The van der Waals surface area contributed by atoms with Crippen LogP contribution in [0.3, 0.4) is 0 Å². The number of hydrogen-bond acceptors (Lipinski definition) is 3. The van der Waals surface area contributed by atoms with Crippen LogP contribution in [-0.2, 0) is 4.79 Å². The van der Waals surface area contributed by atoms with Crippen molar-refractivity contribution < 1.29 is 23.1 Å². The predicted molar refractivity (Wildman–Crippen MR) is 28.7 cm³/mol. The molecular weight excluding hydrogens is 163 g/mol. The zero-order valence-electron chi connectivity index (χ0n) is 5.14. The maximum atomic E-state index is 12.2. The zero-order valence-corrected chi connectivity index (χ0v) is 5.14. The summed E-state index contributed by atoms with van der Waals surface area (Å²) in [6.07, 6.45) is -4.95. The van der Waals surface area contributed by atoms with Gasteiger partial charge in [0.25, 0.3) is 0 Å². The average molecular weight is 167 g/mol. The van der Waals surface area contributed by atoms with Gasteiger partial charge in [-0.25, -0.2) is 8.78 Å². The van der Waals surface area contributed by atoms with E-state index in [-0.39, 0.29) is 0 Å². The third kappa shape index (κ3) is 1.15. The van der Waals surface area contributed by atoms with Crippen LogP contribution in [0.25, 0.3) is 0 Å². The number of aliphatic hydroxyl groups excluding tert-OH is 1. The highest BCUT2D eigenvalue weighted by molar-refractivity contribution is 5.98. The highest BCUT2D eigenvalue weighted by atomic mass is 19.2. The van der Waals surface area contributed by atoms with E-state index in [0.717, 1.165) is 0 Å². The molecule has 2 atom stereocenters. The van der Waals surface area contributed by atoms with E-state index in [1.807, 2.05) is 0 Å². The van der Waals surface area contributed by atoms with Crippen LogP contribution >= 0.6 is 0 Å². The number of allylic oxidation sites excluding steroid dienone is 1. The Morgan fingerprint density at radius 3 is 2.55 bits per heavy atom. The Morgan fingerprint density at radius 2 is 2.00 bits per heavy atom. The molecule has 1 aliphatic heterocycles. The minimum atomic E-state index is -2.53. The standard InChI is InChI=1S/C5H4F3NO2/c6-1-2(10)3(11)5(8)9-4(1)7/h1,4,9,11H. The Kier molecular flexibility index (Phi) is 1.76. The maximum Gasteiger partial charge on any atom is 0.240 e. The second kappa shape index (κ2) is 2.44. The van der Waals surface area contributed by atoms with E-state index in [2.05, 4.69) is 0 Å². The second-order valence-corrected chi connectivity index (χ2v) is 1.97. The predicted octanol–water partition coefficient (Wildman–Crippen LogP) is 0.489. The molecule has 11 heavy (non-hydrogen) atoms. The third-order valence-corrected chi connectivity index (χ3v) is 1.21. The first kappa shape index (κ1) is 7.90. The summed E-state index contributed by atoms with van der Waals surface area (Å²) in [5.41, 5.74) is 0. The van der Waals surface area contributed by atoms with Gasteiger partial charge in [0.1, 0.15) is 0 Å². The van der Waals surface area contributed by atoms with E-state index in [4.69, 9.17) is 5.11 Å². The summed E-state index contributed by atoms with van der Waals surface area (Å²) in [4.78, 5) is 10.3. The van der Waals surface area contributed by atoms with Gasteiger partial charge in [0, 0.05) is 0 Å². The van der Waals surface area contributed by atoms with E-state index >= 15 is 0 Å². The molecule has 6 heteroatoms. The Labute approximate surface area is 59.5 Å². The largest absolute Gasteiger partial charge is 0.501 e. The van der Waals surface area contributed by atoms with Crippen LogP contribution in [0.4, 0.5) is 13.2 Å². The van der Waals surface area contributed by atoms with Crippen LogP contribution in [0.5, 0.6) is 0 Å². The van der Waals surface area contributed by atoms with Crippen LogP contribution in [0, 0.1) is 0 Å². The van der Waals surface area contributed by atoms with Crippen LogP contribution in [0.2, 0.25) is 0 Å². The third-order valence-electron chi connectivity index (χ3n) is 1.21. The molecule has 0 aromatic heterocycles. The SMILES string of the molecule is O=C1C(O)=C(F)NC(F)C1F. The zero-order chi connectivity index (χ0) is 8.59. The number of carbonyl (C=O) groups excluding carboxylic acids is 1. The number of alkyl halides is 2. The van der Waals surface area contributed by atoms with E-state index in [1.54, 1.807) is 0 Å². The van der Waals surface area contributed by atoms with Gasteiger partial charge in [-0.05, 0) is 0 Å². The Balaban J connectivity index is 2.95. The lowest BCUT2D eigenvalue weighted by Crippen LogP contribution is -2.43. The number of nitrogens with one attached hydrogen (secondary N) is 1. The molecule has 0 bridgehead atoms. The number of halogens is 3. The van der Waals surface area contributed by atoms with Crippen molar-refractivity contribution in [3.8, 4) is 0 Å². The van der Waals surface area contributed by atoms with Crippen LogP contribution < -0.4 is 5.32 Å². The minimum absolute atomic E-state index is 1.31. The molecule has 2 unspecified atom stereocenters. The van der Waals surface area contributed by atoms with Crippen molar-refractivity contribution in [1.29, 1.82) is 0 Å². The Hall–Kier alpha value is -1.20. The van der Waals surface area contributed by atoms with Crippen LogP contribution in [-0.4, -0.2) is 23.4 Å². The summed E-state index contributed by atoms with van der Waals surface area (Å²) >= 11 is 0. The van der Waals surface area contributed by atoms with Crippen molar-refractivity contribution in [2.75, 3.05) is 0 Å². The van der Waals surface area contributed by atoms with Crippen LogP contribution in [0.15, 0.2) is 11.7 Å². The molecule has 0 saturated carbocycles. The summed E-state index contributed by atoms with van der Waals surface area (Å²) in [5, 5.41) is 9.73. The number of aliphatic hydroxyl groups is 1. The van der Waals surface area contributed by atoms with Crippen molar-refractivity contribution in [2.45, 2.75) is 12.5 Å². The molecule has 0 radical (unpaired) electrons. The summed E-state index contributed by atoms with van der Waals surface area (Å²) < 4.78 is 36.5. The number of ketones is 1. The molecule has 1 heterocycles. The van der Waals surface area contributed by atoms with Gasteiger partial charge in [-0.3, -0.25) is 4.79 Å². The molecule has 3 nitrogen and oxygen atoms in total. The molecule has 1 aliphatic rings. The smallest absolute Gasteiger partial charge is 0.240 e. The lowest BCUT2D eigenvalue weighted by Gasteiger charge is -2.18. The second-order valence-electron chi connectivity index (χ2n) is 1.97. The molecule has 1 rings (SSSR count). The van der Waals surface area contributed by atoms with Gasteiger partial charge in [-0.2, -0.15) is 4.39 Å². The molecule has 0 aromatic rings. The molecule has 0 aromatic carbocycles. The Morgan fingerprint density at radius 1 is 1.45 bits per heavy atom. The van der Waals surface area contributed by atoms with Gasteiger partial charge >= 0.3 is 0 Å². The number of Topliss-reactive ketones (excluding diaryl/α,β-unsaturated/α-hetero) is 1. The van der Waals surface area contributed by atoms with Gasteiger partial charge in [0.05, 0.1) is 0 Å². The number of carbonyl (C=O) groups is 1. The van der Waals surface area contributed by atoms with E-state index in [0.29, 0.717) is 0 Å². The quantitative estimate of drug-likeness (QED) is 0.516. The summed E-state index contributed by atoms with van der Waals surface area (Å²) in [6.45, 7) is 0. The first-order chi connectivity index (χ1) is 5.04. The van der Waals surface area contributed by atoms with E-state index < -0.39 is 30.0 Å². The van der Waals surface area contributed by atoms with Crippen molar-refractivity contribution in [3.05, 3.63) is 11.7 Å². The molecule has 0 saturated heterocycles. The lowest BCUT2D eigenvalue weighted by molar-refractivity contribution is -0.127. The van der Waals surface area contributed by atoms with Crippen LogP contribution in [0.1, 0.15) is 0 Å². The molecule has 0 amide bonds. The van der Waals surface area contributed by atoms with E-state index in [1.165, 1.54) is 5.32 Å². The molecule has 0 fully saturated rings.